The molecule has 2 heterocycles. The van der Waals surface area contributed by atoms with Gasteiger partial charge in [0.15, 0.2) is 0 Å². The van der Waals surface area contributed by atoms with E-state index in [9.17, 15) is 0 Å². The van der Waals surface area contributed by atoms with E-state index in [0.29, 0.717) is 6.04 Å². The van der Waals surface area contributed by atoms with E-state index in [2.05, 4.69) is 34.3 Å². The number of pyridine rings is 1. The van der Waals surface area contributed by atoms with Gasteiger partial charge in [0, 0.05) is 37.3 Å². The van der Waals surface area contributed by atoms with Gasteiger partial charge in [-0.05, 0) is 36.6 Å². The molecule has 1 aliphatic rings. The van der Waals surface area contributed by atoms with Gasteiger partial charge in [0.1, 0.15) is 11.6 Å². The second-order valence-electron chi connectivity index (χ2n) is 5.02. The molecule has 0 unspecified atom stereocenters. The van der Waals surface area contributed by atoms with Crippen molar-refractivity contribution >= 4 is 16.6 Å². The summed E-state index contributed by atoms with van der Waals surface area (Å²) in [6, 6.07) is 8.70. The van der Waals surface area contributed by atoms with Crippen molar-refractivity contribution in [2.45, 2.75) is 13.0 Å². The van der Waals surface area contributed by atoms with Gasteiger partial charge >= 0.3 is 0 Å². The van der Waals surface area contributed by atoms with Crippen molar-refractivity contribution in [2.75, 3.05) is 31.6 Å². The van der Waals surface area contributed by atoms with Gasteiger partial charge in [-0.2, -0.15) is 0 Å². The fourth-order valence-corrected chi connectivity index (χ4v) is 2.64. The van der Waals surface area contributed by atoms with Gasteiger partial charge in [0.05, 0.1) is 7.11 Å². The second-order valence-corrected chi connectivity index (χ2v) is 5.02. The molecule has 0 saturated carbocycles. The Hall–Kier alpha value is -1.81. The Labute approximate surface area is 113 Å². The maximum atomic E-state index is 5.28. The van der Waals surface area contributed by atoms with Crippen LogP contribution in [0.4, 0.5) is 5.82 Å². The first-order valence-electron chi connectivity index (χ1n) is 6.69. The number of hydrogen-bond donors (Lipinski definition) is 1. The summed E-state index contributed by atoms with van der Waals surface area (Å²) in [5.74, 6) is 1.96. The van der Waals surface area contributed by atoms with Gasteiger partial charge < -0.3 is 15.0 Å². The van der Waals surface area contributed by atoms with E-state index in [4.69, 9.17) is 4.74 Å². The number of aromatic nitrogens is 1. The highest BCUT2D eigenvalue weighted by atomic mass is 16.5. The van der Waals surface area contributed by atoms with Crippen LogP contribution in [0, 0.1) is 0 Å². The maximum Gasteiger partial charge on any atom is 0.136 e. The minimum Gasteiger partial charge on any atom is -0.497 e. The number of methoxy groups -OCH3 is 1. The van der Waals surface area contributed by atoms with E-state index in [1.54, 1.807) is 7.11 Å². The lowest BCUT2D eigenvalue weighted by molar-refractivity contribution is 0.415. The first-order chi connectivity index (χ1) is 9.28. The highest BCUT2D eigenvalue weighted by Crippen LogP contribution is 2.28. The summed E-state index contributed by atoms with van der Waals surface area (Å²) in [4.78, 5) is 6.93. The summed E-state index contributed by atoms with van der Waals surface area (Å²) in [5, 5.41) is 5.83. The third-order valence-corrected chi connectivity index (χ3v) is 3.62. The number of hydrogen-bond acceptors (Lipinski definition) is 4. The SMILES string of the molecule is COc1ccc2c(N3CCN[C@@H](C)C3)nccc2c1. The van der Waals surface area contributed by atoms with E-state index < -0.39 is 0 Å². The van der Waals surface area contributed by atoms with E-state index in [1.165, 1.54) is 10.8 Å². The number of anilines is 1. The van der Waals surface area contributed by atoms with Crippen LogP contribution in [0.15, 0.2) is 30.5 Å². The highest BCUT2D eigenvalue weighted by molar-refractivity contribution is 5.93. The van der Waals surface area contributed by atoms with Crippen molar-refractivity contribution in [2.24, 2.45) is 0 Å². The molecule has 2 aromatic rings. The van der Waals surface area contributed by atoms with Gasteiger partial charge in [-0.25, -0.2) is 4.98 Å². The highest BCUT2D eigenvalue weighted by Gasteiger charge is 2.18. The molecule has 4 nitrogen and oxygen atoms in total. The van der Waals surface area contributed by atoms with Gasteiger partial charge in [-0.3, -0.25) is 0 Å². The van der Waals surface area contributed by atoms with E-state index in [1.807, 2.05) is 18.3 Å². The molecule has 1 fully saturated rings. The van der Waals surface area contributed by atoms with Crippen molar-refractivity contribution < 1.29 is 4.74 Å². The minimum atomic E-state index is 0.504. The van der Waals surface area contributed by atoms with Crippen molar-refractivity contribution in [3.8, 4) is 5.75 Å². The predicted molar refractivity (Wildman–Crippen MR) is 78.0 cm³/mol. The van der Waals surface area contributed by atoms with E-state index >= 15 is 0 Å². The Balaban J connectivity index is 2.03. The number of piperazine rings is 1. The van der Waals surface area contributed by atoms with Gasteiger partial charge in [0.25, 0.3) is 0 Å². The van der Waals surface area contributed by atoms with Crippen molar-refractivity contribution in [3.63, 3.8) is 0 Å². The predicted octanol–water partition coefficient (Wildman–Crippen LogP) is 2.04. The Morgan fingerprint density at radius 1 is 1.37 bits per heavy atom. The summed E-state index contributed by atoms with van der Waals surface area (Å²) >= 11 is 0. The lowest BCUT2D eigenvalue weighted by Crippen LogP contribution is -2.49. The Morgan fingerprint density at radius 3 is 3.05 bits per heavy atom. The molecule has 1 N–H and O–H groups in total. The average Bonchev–Trinajstić information content (AvgIpc) is 2.46. The third kappa shape index (κ3) is 2.36. The summed E-state index contributed by atoms with van der Waals surface area (Å²) in [7, 11) is 1.70. The minimum absolute atomic E-state index is 0.504. The lowest BCUT2D eigenvalue weighted by Gasteiger charge is -2.33. The van der Waals surface area contributed by atoms with Crippen molar-refractivity contribution in [1.82, 2.24) is 10.3 Å². The molecule has 0 radical (unpaired) electrons. The van der Waals surface area contributed by atoms with E-state index in [-0.39, 0.29) is 0 Å². The van der Waals surface area contributed by atoms with Crippen molar-refractivity contribution in [1.29, 1.82) is 0 Å². The van der Waals surface area contributed by atoms with Crippen LogP contribution in [-0.4, -0.2) is 37.8 Å². The molecule has 3 rings (SSSR count). The largest absolute Gasteiger partial charge is 0.497 e. The zero-order valence-corrected chi connectivity index (χ0v) is 11.4. The quantitative estimate of drug-likeness (QED) is 0.893. The smallest absolute Gasteiger partial charge is 0.136 e. The first-order valence-corrected chi connectivity index (χ1v) is 6.69. The number of ether oxygens (including phenoxy) is 1. The zero-order chi connectivity index (χ0) is 13.2. The molecule has 1 saturated heterocycles. The number of benzene rings is 1. The summed E-state index contributed by atoms with van der Waals surface area (Å²) in [6.45, 7) is 5.22. The van der Waals surface area contributed by atoms with Crippen LogP contribution in [0.25, 0.3) is 10.8 Å². The van der Waals surface area contributed by atoms with Gasteiger partial charge in [-0.1, -0.05) is 0 Å². The molecule has 0 spiro atoms. The zero-order valence-electron chi connectivity index (χ0n) is 11.4. The van der Waals surface area contributed by atoms with Gasteiger partial charge in [0.2, 0.25) is 0 Å². The summed E-state index contributed by atoms with van der Waals surface area (Å²) < 4.78 is 5.28. The molecular weight excluding hydrogens is 238 g/mol. The Kier molecular flexibility index (Phi) is 3.25. The van der Waals surface area contributed by atoms with Crippen LogP contribution in [0.3, 0.4) is 0 Å². The molecule has 0 amide bonds. The number of fused-ring (bicyclic) bond motifs is 1. The molecule has 0 aliphatic carbocycles. The molecule has 0 bridgehead atoms. The number of nitrogens with one attached hydrogen (secondary N) is 1. The Morgan fingerprint density at radius 2 is 2.26 bits per heavy atom. The molecule has 1 aromatic carbocycles. The van der Waals surface area contributed by atoms with Gasteiger partial charge in [-0.15, -0.1) is 0 Å². The summed E-state index contributed by atoms with van der Waals surface area (Å²) in [6.07, 6.45) is 1.88. The van der Waals surface area contributed by atoms with Crippen LogP contribution in [0.1, 0.15) is 6.92 Å². The number of rotatable bonds is 2. The molecule has 1 aliphatic heterocycles. The number of nitrogens with zero attached hydrogens (tertiary/aromatic N) is 2. The van der Waals surface area contributed by atoms with Crippen LogP contribution >= 0.6 is 0 Å². The summed E-state index contributed by atoms with van der Waals surface area (Å²) in [5.41, 5.74) is 0. The first kappa shape index (κ1) is 12.2. The standard InChI is InChI=1S/C15H19N3O/c1-11-10-18(8-7-16-11)15-14-4-3-13(19-2)9-12(14)5-6-17-15/h3-6,9,11,16H,7-8,10H2,1-2H3/t11-/m0/s1. The maximum absolute atomic E-state index is 5.28. The molecule has 1 atom stereocenters. The fourth-order valence-electron chi connectivity index (χ4n) is 2.64. The van der Waals surface area contributed by atoms with Crippen LogP contribution in [0.2, 0.25) is 0 Å². The third-order valence-electron chi connectivity index (χ3n) is 3.62. The molecular formula is C15H19N3O. The lowest BCUT2D eigenvalue weighted by atomic mass is 10.1. The topological polar surface area (TPSA) is 37.4 Å². The van der Waals surface area contributed by atoms with Crippen LogP contribution < -0.4 is 15.0 Å². The van der Waals surface area contributed by atoms with E-state index in [0.717, 1.165) is 31.2 Å². The Bertz CT molecular complexity index is 585. The monoisotopic (exact) mass is 257 g/mol. The van der Waals surface area contributed by atoms with Crippen LogP contribution in [-0.2, 0) is 0 Å². The van der Waals surface area contributed by atoms with Crippen molar-refractivity contribution in [3.05, 3.63) is 30.5 Å². The molecule has 4 heteroatoms. The molecule has 100 valence electrons. The second kappa shape index (κ2) is 5.05. The normalized spacial score (nSPS) is 19.7. The molecule has 19 heavy (non-hydrogen) atoms. The average molecular weight is 257 g/mol. The molecule has 1 aromatic heterocycles. The van der Waals surface area contributed by atoms with Crippen LogP contribution in [0.5, 0.6) is 5.75 Å². The fraction of sp³-hybridized carbons (Fsp3) is 0.400.